The molecule has 0 saturated carbocycles. The number of methoxy groups -OCH3 is 1. The molecular formula is C25H22N2O4. The summed E-state index contributed by atoms with van der Waals surface area (Å²) < 4.78 is 11.1. The van der Waals surface area contributed by atoms with Crippen molar-refractivity contribution in [3.05, 3.63) is 71.9 Å². The number of nitrogens with zero attached hydrogens (tertiary/aromatic N) is 2. The van der Waals surface area contributed by atoms with E-state index in [1.54, 1.807) is 25.4 Å². The fourth-order valence-corrected chi connectivity index (χ4v) is 3.51. The van der Waals surface area contributed by atoms with Gasteiger partial charge in [-0.25, -0.2) is 9.78 Å². The van der Waals surface area contributed by atoms with E-state index in [4.69, 9.17) is 9.47 Å². The first-order valence-electron chi connectivity index (χ1n) is 9.92. The lowest BCUT2D eigenvalue weighted by atomic mass is 10.0. The molecule has 0 unspecified atom stereocenters. The maximum Gasteiger partial charge on any atom is 0.336 e. The van der Waals surface area contributed by atoms with Crippen LogP contribution in [0.3, 0.4) is 0 Å². The fourth-order valence-electron chi connectivity index (χ4n) is 3.51. The van der Waals surface area contributed by atoms with E-state index in [1.165, 1.54) is 0 Å². The van der Waals surface area contributed by atoms with Gasteiger partial charge in [-0.15, -0.1) is 0 Å². The second-order valence-electron chi connectivity index (χ2n) is 7.11. The number of rotatable bonds is 6. The minimum absolute atomic E-state index is 0.194. The zero-order chi connectivity index (χ0) is 22.0. The monoisotopic (exact) mass is 414 g/mol. The second-order valence-corrected chi connectivity index (χ2v) is 7.11. The number of ether oxygens (including phenoxy) is 2. The van der Waals surface area contributed by atoms with Gasteiger partial charge in [0.25, 0.3) is 0 Å². The van der Waals surface area contributed by atoms with Crippen molar-refractivity contribution in [2.24, 2.45) is 0 Å². The summed E-state index contributed by atoms with van der Waals surface area (Å²) in [6.07, 6.45) is 1.71. The highest BCUT2D eigenvalue weighted by atomic mass is 16.5. The fraction of sp³-hybridized carbons (Fsp3) is 0.160. The van der Waals surface area contributed by atoms with Crippen LogP contribution < -0.4 is 9.47 Å². The van der Waals surface area contributed by atoms with Crippen LogP contribution in [-0.2, 0) is 0 Å². The van der Waals surface area contributed by atoms with Crippen molar-refractivity contribution < 1.29 is 19.4 Å². The number of carboxylic acid groups (broad SMARTS) is 1. The summed E-state index contributed by atoms with van der Waals surface area (Å²) in [7, 11) is 1.59. The highest BCUT2D eigenvalue weighted by Gasteiger charge is 2.16. The Morgan fingerprint density at radius 3 is 2.48 bits per heavy atom. The van der Waals surface area contributed by atoms with Crippen molar-refractivity contribution in [2.75, 3.05) is 13.7 Å². The third-order valence-electron chi connectivity index (χ3n) is 5.02. The Hall–Kier alpha value is -3.93. The quantitative estimate of drug-likeness (QED) is 0.456. The predicted octanol–water partition coefficient (Wildman–Crippen LogP) is 5.38. The number of carbonyl (C=O) groups is 1. The number of aryl methyl sites for hydroxylation is 1. The van der Waals surface area contributed by atoms with Gasteiger partial charge in [0.05, 0.1) is 36.2 Å². The zero-order valence-corrected chi connectivity index (χ0v) is 17.5. The first kappa shape index (κ1) is 20.3. The smallest absolute Gasteiger partial charge is 0.336 e. The Labute approximate surface area is 180 Å². The van der Waals surface area contributed by atoms with Gasteiger partial charge in [0.2, 0.25) is 0 Å². The Balaban J connectivity index is 1.79. The molecule has 4 rings (SSSR count). The van der Waals surface area contributed by atoms with Crippen molar-refractivity contribution >= 4 is 16.9 Å². The number of fused-ring (bicyclic) bond motifs is 1. The number of hydrogen-bond donors (Lipinski definition) is 1. The van der Waals surface area contributed by atoms with Gasteiger partial charge < -0.3 is 14.6 Å². The van der Waals surface area contributed by atoms with Gasteiger partial charge in [-0.05, 0) is 49.7 Å². The first-order valence-corrected chi connectivity index (χ1v) is 9.92. The third-order valence-corrected chi connectivity index (χ3v) is 5.02. The average Bonchev–Trinajstić information content (AvgIpc) is 2.78. The lowest BCUT2D eigenvalue weighted by Gasteiger charge is -2.12. The summed E-state index contributed by atoms with van der Waals surface area (Å²) in [4.78, 5) is 21.1. The van der Waals surface area contributed by atoms with Crippen LogP contribution >= 0.6 is 0 Å². The molecule has 2 heterocycles. The van der Waals surface area contributed by atoms with Gasteiger partial charge in [-0.2, -0.15) is 0 Å². The summed E-state index contributed by atoms with van der Waals surface area (Å²) >= 11 is 0. The third kappa shape index (κ3) is 4.05. The molecule has 6 nitrogen and oxygen atoms in total. The summed E-state index contributed by atoms with van der Waals surface area (Å²) in [6.45, 7) is 4.47. The van der Waals surface area contributed by atoms with Crippen LogP contribution in [0.5, 0.6) is 11.5 Å². The van der Waals surface area contributed by atoms with Crippen molar-refractivity contribution in [2.45, 2.75) is 13.8 Å². The maximum absolute atomic E-state index is 11.9. The lowest BCUT2D eigenvalue weighted by Crippen LogP contribution is -2.01. The number of benzene rings is 2. The molecule has 1 N–H and O–H groups in total. The normalized spacial score (nSPS) is 10.8. The SMILES string of the molecule is CCOc1ccc(-c2cnc(-c3cc(C(=O)O)c4cc(C)ccc4n3)cc2OC)cc1. The van der Waals surface area contributed by atoms with Crippen molar-refractivity contribution in [3.63, 3.8) is 0 Å². The van der Waals surface area contributed by atoms with Crippen molar-refractivity contribution in [3.8, 4) is 34.0 Å². The first-order chi connectivity index (χ1) is 15.0. The van der Waals surface area contributed by atoms with E-state index < -0.39 is 5.97 Å². The van der Waals surface area contributed by atoms with E-state index in [-0.39, 0.29) is 5.56 Å². The van der Waals surface area contributed by atoms with Crippen LogP contribution in [0.25, 0.3) is 33.4 Å². The minimum Gasteiger partial charge on any atom is -0.496 e. The van der Waals surface area contributed by atoms with E-state index in [0.717, 1.165) is 22.4 Å². The molecule has 0 aliphatic rings. The van der Waals surface area contributed by atoms with E-state index in [1.807, 2.05) is 56.3 Å². The summed E-state index contributed by atoms with van der Waals surface area (Å²) in [5.74, 6) is 0.417. The number of pyridine rings is 2. The molecule has 0 spiro atoms. The topological polar surface area (TPSA) is 81.5 Å². The van der Waals surface area contributed by atoms with Crippen molar-refractivity contribution in [1.29, 1.82) is 0 Å². The molecule has 0 radical (unpaired) electrons. The molecule has 2 aromatic carbocycles. The zero-order valence-electron chi connectivity index (χ0n) is 17.5. The molecule has 0 amide bonds. The minimum atomic E-state index is -1.00. The van der Waals surface area contributed by atoms with Crippen LogP contribution in [0.1, 0.15) is 22.8 Å². The van der Waals surface area contributed by atoms with E-state index in [2.05, 4.69) is 9.97 Å². The van der Waals surface area contributed by atoms with Gasteiger partial charge in [0.15, 0.2) is 0 Å². The van der Waals surface area contributed by atoms with Crippen LogP contribution in [0.2, 0.25) is 0 Å². The highest BCUT2D eigenvalue weighted by molar-refractivity contribution is 6.03. The lowest BCUT2D eigenvalue weighted by molar-refractivity contribution is 0.0699. The van der Waals surface area contributed by atoms with Gasteiger partial charge in [-0.3, -0.25) is 4.98 Å². The summed E-state index contributed by atoms with van der Waals surface area (Å²) in [6, 6.07) is 16.6. The Morgan fingerprint density at radius 1 is 1.03 bits per heavy atom. The Bertz CT molecular complexity index is 1270. The number of aromatic carboxylic acids is 1. The van der Waals surface area contributed by atoms with E-state index in [9.17, 15) is 9.90 Å². The van der Waals surface area contributed by atoms with Gasteiger partial charge >= 0.3 is 5.97 Å². The molecule has 31 heavy (non-hydrogen) atoms. The van der Waals surface area contributed by atoms with E-state index >= 15 is 0 Å². The van der Waals surface area contributed by atoms with E-state index in [0.29, 0.717) is 34.6 Å². The summed E-state index contributed by atoms with van der Waals surface area (Å²) in [5, 5.41) is 10.3. The van der Waals surface area contributed by atoms with Gasteiger partial charge in [0.1, 0.15) is 11.5 Å². The number of hydrogen-bond acceptors (Lipinski definition) is 5. The molecule has 0 atom stereocenters. The molecule has 0 aliphatic heterocycles. The molecule has 4 aromatic rings. The molecule has 6 heteroatoms. The standard InChI is InChI=1S/C25H22N2O4/c1-4-31-17-8-6-16(7-9-17)20-14-26-22(13-24(20)30-3)23-12-19(25(28)29)18-11-15(2)5-10-21(18)27-23/h5-14H,4H2,1-3H3,(H,28,29). The summed E-state index contributed by atoms with van der Waals surface area (Å²) in [5.41, 5.74) is 4.56. The molecule has 2 aromatic heterocycles. The largest absolute Gasteiger partial charge is 0.496 e. The Kier molecular flexibility index (Phi) is 5.54. The molecule has 0 bridgehead atoms. The molecule has 0 saturated heterocycles. The van der Waals surface area contributed by atoms with Gasteiger partial charge in [0, 0.05) is 23.2 Å². The number of aromatic nitrogens is 2. The van der Waals surface area contributed by atoms with Crippen molar-refractivity contribution in [1.82, 2.24) is 9.97 Å². The van der Waals surface area contributed by atoms with Crippen LogP contribution in [0.15, 0.2) is 60.8 Å². The van der Waals surface area contributed by atoms with Crippen LogP contribution in [0.4, 0.5) is 0 Å². The molecular weight excluding hydrogens is 392 g/mol. The Morgan fingerprint density at radius 2 is 1.81 bits per heavy atom. The average molecular weight is 414 g/mol. The predicted molar refractivity (Wildman–Crippen MR) is 120 cm³/mol. The maximum atomic E-state index is 11.9. The van der Waals surface area contributed by atoms with Crippen LogP contribution in [0, 0.1) is 6.92 Å². The molecule has 0 fully saturated rings. The van der Waals surface area contributed by atoms with Gasteiger partial charge in [-0.1, -0.05) is 23.8 Å². The second kappa shape index (κ2) is 8.44. The van der Waals surface area contributed by atoms with Crippen LogP contribution in [-0.4, -0.2) is 34.8 Å². The molecule has 0 aliphatic carbocycles. The molecule has 156 valence electrons. The number of carboxylic acids is 1. The highest BCUT2D eigenvalue weighted by Crippen LogP contribution is 2.34.